The van der Waals surface area contributed by atoms with E-state index in [4.69, 9.17) is 16.7 Å². The molecule has 2 rings (SSSR count). The van der Waals surface area contributed by atoms with Crippen LogP contribution in [0.5, 0.6) is 0 Å². The minimum Gasteiger partial charge on any atom is -0.481 e. The van der Waals surface area contributed by atoms with Crippen molar-refractivity contribution in [2.45, 2.75) is 44.1 Å². The summed E-state index contributed by atoms with van der Waals surface area (Å²) in [5.74, 6) is -0.671. The summed E-state index contributed by atoms with van der Waals surface area (Å²) < 4.78 is 0. The van der Waals surface area contributed by atoms with E-state index < -0.39 is 11.5 Å². The molecule has 1 aliphatic carbocycles. The van der Waals surface area contributed by atoms with Crippen molar-refractivity contribution in [3.63, 3.8) is 0 Å². The summed E-state index contributed by atoms with van der Waals surface area (Å²) in [6.45, 7) is 0.489. The smallest absolute Gasteiger partial charge is 0.303 e. The van der Waals surface area contributed by atoms with Gasteiger partial charge in [0.25, 0.3) is 0 Å². The highest BCUT2D eigenvalue weighted by molar-refractivity contribution is 6.31. The molecule has 0 heterocycles. The Balaban J connectivity index is 0.00000242. The van der Waals surface area contributed by atoms with E-state index in [1.165, 1.54) is 0 Å². The first-order valence-corrected chi connectivity index (χ1v) is 7.69. The van der Waals surface area contributed by atoms with Gasteiger partial charge in [0.2, 0.25) is 0 Å². The average molecular weight is 346 g/mol. The number of carboxylic acid groups (broad SMARTS) is 1. The summed E-state index contributed by atoms with van der Waals surface area (Å²) in [7, 11) is 0. The van der Waals surface area contributed by atoms with Gasteiger partial charge in [0.15, 0.2) is 5.78 Å². The van der Waals surface area contributed by atoms with Crippen molar-refractivity contribution in [3.05, 3.63) is 34.9 Å². The third-order valence-corrected chi connectivity index (χ3v) is 4.34. The maximum Gasteiger partial charge on any atom is 0.303 e. The topological polar surface area (TPSA) is 66.4 Å². The molecule has 0 radical (unpaired) electrons. The first kappa shape index (κ1) is 18.9. The van der Waals surface area contributed by atoms with Crippen LogP contribution in [0.2, 0.25) is 5.02 Å². The number of carboxylic acids is 1. The summed E-state index contributed by atoms with van der Waals surface area (Å²) >= 11 is 6.29. The zero-order valence-electron chi connectivity index (χ0n) is 12.3. The highest BCUT2D eigenvalue weighted by Crippen LogP contribution is 2.37. The number of carbonyl (C=O) groups is 2. The van der Waals surface area contributed by atoms with Crippen molar-refractivity contribution in [2.24, 2.45) is 0 Å². The van der Waals surface area contributed by atoms with Gasteiger partial charge in [-0.3, -0.25) is 9.59 Å². The number of hydrogen-bond donors (Lipinski definition) is 2. The molecule has 122 valence electrons. The predicted molar refractivity (Wildman–Crippen MR) is 88.7 cm³/mol. The Bertz CT molecular complexity index is 536. The lowest BCUT2D eigenvalue weighted by Crippen LogP contribution is -2.51. The Morgan fingerprint density at radius 1 is 1.32 bits per heavy atom. The van der Waals surface area contributed by atoms with Gasteiger partial charge < -0.3 is 10.4 Å². The number of hydrogen-bond acceptors (Lipinski definition) is 3. The number of ketones is 1. The number of halogens is 2. The van der Waals surface area contributed by atoms with Crippen molar-refractivity contribution in [1.82, 2.24) is 5.32 Å². The first-order chi connectivity index (χ1) is 10.1. The summed E-state index contributed by atoms with van der Waals surface area (Å²) in [6, 6.07) is 7.40. The van der Waals surface area contributed by atoms with Gasteiger partial charge in [-0.05, 0) is 37.4 Å². The second-order valence-electron chi connectivity index (χ2n) is 5.44. The zero-order valence-corrected chi connectivity index (χ0v) is 13.9. The van der Waals surface area contributed by atoms with Gasteiger partial charge in [-0.2, -0.15) is 0 Å². The SMILES string of the molecule is Cl.O=C(O)CCCNC1(c2ccccc2Cl)CCCCC1=O. The van der Waals surface area contributed by atoms with E-state index in [0.29, 0.717) is 30.8 Å². The largest absolute Gasteiger partial charge is 0.481 e. The van der Waals surface area contributed by atoms with E-state index in [0.717, 1.165) is 18.4 Å². The van der Waals surface area contributed by atoms with Crippen molar-refractivity contribution in [2.75, 3.05) is 6.54 Å². The van der Waals surface area contributed by atoms with E-state index >= 15 is 0 Å². The highest BCUT2D eigenvalue weighted by Gasteiger charge is 2.41. The molecule has 1 aromatic carbocycles. The minimum absolute atomic E-state index is 0. The number of Topliss-reactive ketones (excluding diaryl/α,β-unsaturated/α-hetero) is 1. The Kier molecular flexibility index (Phi) is 7.33. The normalized spacial score (nSPS) is 21.2. The van der Waals surface area contributed by atoms with Crippen LogP contribution < -0.4 is 5.32 Å². The van der Waals surface area contributed by atoms with Gasteiger partial charge in [0, 0.05) is 17.9 Å². The van der Waals surface area contributed by atoms with Gasteiger partial charge in [0.05, 0.1) is 0 Å². The fourth-order valence-electron chi connectivity index (χ4n) is 2.94. The Labute approximate surface area is 141 Å². The lowest BCUT2D eigenvalue weighted by molar-refractivity contribution is -0.137. The van der Waals surface area contributed by atoms with Crippen molar-refractivity contribution in [3.8, 4) is 0 Å². The lowest BCUT2D eigenvalue weighted by atomic mass is 9.75. The molecule has 0 aromatic heterocycles. The van der Waals surface area contributed by atoms with Crippen LogP contribution in [-0.2, 0) is 15.1 Å². The van der Waals surface area contributed by atoms with Crippen LogP contribution in [0.25, 0.3) is 0 Å². The van der Waals surface area contributed by atoms with Crippen LogP contribution in [0.15, 0.2) is 24.3 Å². The van der Waals surface area contributed by atoms with Gasteiger partial charge >= 0.3 is 5.97 Å². The van der Waals surface area contributed by atoms with Gasteiger partial charge in [-0.15, -0.1) is 12.4 Å². The Morgan fingerprint density at radius 3 is 2.68 bits per heavy atom. The van der Waals surface area contributed by atoms with Crippen LogP contribution in [-0.4, -0.2) is 23.4 Å². The molecule has 1 fully saturated rings. The van der Waals surface area contributed by atoms with Crippen LogP contribution >= 0.6 is 24.0 Å². The molecule has 22 heavy (non-hydrogen) atoms. The van der Waals surface area contributed by atoms with E-state index in [2.05, 4.69) is 5.32 Å². The standard InChI is InChI=1S/C16H20ClNO3.ClH/c17-13-7-2-1-6-12(13)16(10-4-3-8-14(16)19)18-11-5-9-15(20)21;/h1-2,6-7,18H,3-5,8-11H2,(H,20,21);1H. The lowest BCUT2D eigenvalue weighted by Gasteiger charge is -2.38. The molecule has 0 bridgehead atoms. The fourth-order valence-corrected chi connectivity index (χ4v) is 3.24. The van der Waals surface area contributed by atoms with Crippen molar-refractivity contribution >= 4 is 35.8 Å². The van der Waals surface area contributed by atoms with E-state index in [1.807, 2.05) is 18.2 Å². The summed E-state index contributed by atoms with van der Waals surface area (Å²) in [4.78, 5) is 23.2. The molecule has 1 aromatic rings. The van der Waals surface area contributed by atoms with Crippen LogP contribution in [0.1, 0.15) is 44.1 Å². The highest BCUT2D eigenvalue weighted by atomic mass is 35.5. The third-order valence-electron chi connectivity index (χ3n) is 4.01. The van der Waals surface area contributed by atoms with Crippen LogP contribution in [0, 0.1) is 0 Å². The predicted octanol–water partition coefficient (Wildman–Crippen LogP) is 3.55. The van der Waals surface area contributed by atoms with Crippen molar-refractivity contribution < 1.29 is 14.7 Å². The molecular weight excluding hydrogens is 325 g/mol. The molecule has 4 nitrogen and oxygen atoms in total. The van der Waals surface area contributed by atoms with E-state index in [-0.39, 0.29) is 24.6 Å². The maximum absolute atomic E-state index is 12.6. The molecule has 0 spiro atoms. The summed E-state index contributed by atoms with van der Waals surface area (Å²) in [5, 5.41) is 12.6. The van der Waals surface area contributed by atoms with Gasteiger partial charge in [0.1, 0.15) is 5.54 Å². The molecule has 0 saturated heterocycles. The van der Waals surface area contributed by atoms with Gasteiger partial charge in [-0.1, -0.05) is 36.2 Å². The summed E-state index contributed by atoms with van der Waals surface area (Å²) in [6.07, 6.45) is 3.71. The number of nitrogens with one attached hydrogen (secondary N) is 1. The van der Waals surface area contributed by atoms with Gasteiger partial charge in [-0.25, -0.2) is 0 Å². The van der Waals surface area contributed by atoms with E-state index in [9.17, 15) is 9.59 Å². The number of rotatable bonds is 6. The number of carbonyl (C=O) groups excluding carboxylic acids is 1. The van der Waals surface area contributed by atoms with Crippen molar-refractivity contribution in [1.29, 1.82) is 0 Å². The Morgan fingerprint density at radius 2 is 2.05 bits per heavy atom. The quantitative estimate of drug-likeness (QED) is 0.773. The molecule has 1 unspecified atom stereocenters. The van der Waals surface area contributed by atoms with Crippen LogP contribution in [0.3, 0.4) is 0 Å². The molecule has 2 N–H and O–H groups in total. The number of aliphatic carboxylic acids is 1. The molecule has 1 atom stereocenters. The third kappa shape index (κ3) is 4.22. The first-order valence-electron chi connectivity index (χ1n) is 7.31. The average Bonchev–Trinajstić information content (AvgIpc) is 2.46. The van der Waals surface area contributed by atoms with Crippen LogP contribution in [0.4, 0.5) is 0 Å². The molecular formula is C16H21Cl2NO3. The second-order valence-corrected chi connectivity index (χ2v) is 5.85. The molecule has 1 aliphatic rings. The number of benzene rings is 1. The fraction of sp³-hybridized carbons (Fsp3) is 0.500. The maximum atomic E-state index is 12.6. The molecule has 6 heteroatoms. The monoisotopic (exact) mass is 345 g/mol. The second kappa shape index (κ2) is 8.51. The molecule has 0 aliphatic heterocycles. The molecule has 1 saturated carbocycles. The summed E-state index contributed by atoms with van der Waals surface area (Å²) in [5.41, 5.74) is 0.0569. The Hall–Kier alpha value is -1.10. The zero-order chi connectivity index (χ0) is 15.3. The van der Waals surface area contributed by atoms with E-state index in [1.54, 1.807) is 6.07 Å². The molecule has 0 amide bonds. The minimum atomic E-state index is -0.821.